The Hall–Kier alpha value is -0.930. The lowest BCUT2D eigenvalue weighted by Gasteiger charge is -2.25. The highest BCUT2D eigenvalue weighted by atomic mass is 19.1. The number of aryl methyl sites for hydroxylation is 1. The average Bonchev–Trinajstić information content (AvgIpc) is 2.93. The highest BCUT2D eigenvalue weighted by Crippen LogP contribution is 2.45. The van der Waals surface area contributed by atoms with Crippen LogP contribution in [0.3, 0.4) is 0 Å². The van der Waals surface area contributed by atoms with E-state index in [1.807, 2.05) is 6.92 Å². The maximum atomic E-state index is 13.2. The molecule has 0 aliphatic carbocycles. The Morgan fingerprint density at radius 2 is 2.24 bits per heavy atom. The van der Waals surface area contributed by atoms with Gasteiger partial charge in [0.2, 0.25) is 0 Å². The van der Waals surface area contributed by atoms with Crippen LogP contribution in [0.5, 0.6) is 0 Å². The summed E-state index contributed by atoms with van der Waals surface area (Å²) in [5.74, 6) is -0.150. The van der Waals surface area contributed by atoms with Gasteiger partial charge in [0.15, 0.2) is 0 Å². The summed E-state index contributed by atoms with van der Waals surface area (Å²) in [4.78, 5) is 0. The number of aliphatic hydroxyl groups is 1. The van der Waals surface area contributed by atoms with E-state index in [0.717, 1.165) is 24.8 Å². The lowest BCUT2D eigenvalue weighted by atomic mass is 9.81. The molecule has 2 saturated heterocycles. The van der Waals surface area contributed by atoms with Crippen molar-refractivity contribution < 1.29 is 14.2 Å². The highest BCUT2D eigenvalue weighted by Gasteiger charge is 2.44. The van der Waals surface area contributed by atoms with E-state index in [1.165, 1.54) is 12.1 Å². The van der Waals surface area contributed by atoms with Gasteiger partial charge in [-0.1, -0.05) is 6.07 Å². The number of halogens is 1. The summed E-state index contributed by atoms with van der Waals surface area (Å²) in [5.41, 5.74) is 1.66. The second-order valence-electron chi connectivity index (χ2n) is 5.22. The monoisotopic (exact) mass is 236 g/mol. The second-order valence-corrected chi connectivity index (χ2v) is 5.22. The predicted octanol–water partition coefficient (Wildman–Crippen LogP) is 2.74. The molecule has 0 aromatic heterocycles. The Morgan fingerprint density at radius 1 is 1.41 bits per heavy atom. The second kappa shape index (κ2) is 4.07. The van der Waals surface area contributed by atoms with Crippen LogP contribution in [0.15, 0.2) is 18.2 Å². The van der Waals surface area contributed by atoms with Crippen LogP contribution in [-0.2, 0) is 4.74 Å². The molecule has 2 bridgehead atoms. The summed E-state index contributed by atoms with van der Waals surface area (Å²) in [6, 6.07) is 4.61. The molecular weight excluding hydrogens is 219 g/mol. The summed E-state index contributed by atoms with van der Waals surface area (Å²) < 4.78 is 19.0. The van der Waals surface area contributed by atoms with Gasteiger partial charge in [0.1, 0.15) is 5.82 Å². The van der Waals surface area contributed by atoms with Crippen molar-refractivity contribution in [3.63, 3.8) is 0 Å². The van der Waals surface area contributed by atoms with Crippen molar-refractivity contribution in [3.05, 3.63) is 35.1 Å². The minimum absolute atomic E-state index is 0.134. The molecule has 1 N–H and O–H groups in total. The third-order valence-corrected chi connectivity index (χ3v) is 4.12. The van der Waals surface area contributed by atoms with Gasteiger partial charge in [0.25, 0.3) is 0 Å². The molecule has 0 radical (unpaired) electrons. The zero-order chi connectivity index (χ0) is 12.0. The van der Waals surface area contributed by atoms with Crippen LogP contribution < -0.4 is 0 Å². The lowest BCUT2D eigenvalue weighted by molar-refractivity contribution is 0.0418. The van der Waals surface area contributed by atoms with Gasteiger partial charge in [-0.25, -0.2) is 4.39 Å². The lowest BCUT2D eigenvalue weighted by Crippen LogP contribution is -2.24. The summed E-state index contributed by atoms with van der Waals surface area (Å²) in [6.45, 7) is 1.91. The number of ether oxygens (including phenoxy) is 1. The topological polar surface area (TPSA) is 29.5 Å². The summed E-state index contributed by atoms with van der Waals surface area (Å²) in [6.07, 6.45) is 2.92. The number of aliphatic hydroxyl groups excluding tert-OH is 1. The maximum Gasteiger partial charge on any atom is 0.123 e. The fraction of sp³-hybridized carbons (Fsp3) is 0.571. The zero-order valence-corrected chi connectivity index (χ0v) is 9.90. The summed E-state index contributed by atoms with van der Waals surface area (Å²) in [7, 11) is 0. The van der Waals surface area contributed by atoms with E-state index in [9.17, 15) is 9.50 Å². The first-order valence-electron chi connectivity index (χ1n) is 6.24. The molecule has 0 saturated carbocycles. The van der Waals surface area contributed by atoms with Crippen LogP contribution in [0.2, 0.25) is 0 Å². The minimum atomic E-state index is -0.596. The van der Waals surface area contributed by atoms with Crippen LogP contribution >= 0.6 is 0 Å². The van der Waals surface area contributed by atoms with E-state index in [2.05, 4.69) is 0 Å². The van der Waals surface area contributed by atoms with Gasteiger partial charge in [0, 0.05) is 5.92 Å². The summed E-state index contributed by atoms with van der Waals surface area (Å²) >= 11 is 0. The molecule has 1 aromatic rings. The quantitative estimate of drug-likeness (QED) is 0.855. The van der Waals surface area contributed by atoms with Crippen LogP contribution in [0, 0.1) is 18.7 Å². The number of fused-ring (bicyclic) bond motifs is 2. The Morgan fingerprint density at radius 3 is 2.88 bits per heavy atom. The number of rotatable bonds is 2. The Kier molecular flexibility index (Phi) is 2.68. The van der Waals surface area contributed by atoms with E-state index in [-0.39, 0.29) is 17.8 Å². The molecule has 3 heteroatoms. The SMILES string of the molecule is Cc1ccc(F)cc1C(O)C1CC2CCC1O2. The molecule has 2 aliphatic heterocycles. The van der Waals surface area contributed by atoms with Crippen molar-refractivity contribution in [2.24, 2.45) is 5.92 Å². The highest BCUT2D eigenvalue weighted by molar-refractivity contribution is 5.29. The smallest absolute Gasteiger partial charge is 0.123 e. The molecule has 17 heavy (non-hydrogen) atoms. The molecule has 2 aliphatic rings. The van der Waals surface area contributed by atoms with Crippen LogP contribution in [0.4, 0.5) is 4.39 Å². The van der Waals surface area contributed by atoms with Gasteiger partial charge in [-0.05, 0) is 49.4 Å². The van der Waals surface area contributed by atoms with Crippen molar-refractivity contribution in [1.29, 1.82) is 0 Å². The van der Waals surface area contributed by atoms with Crippen molar-refractivity contribution in [3.8, 4) is 0 Å². The first kappa shape index (κ1) is 11.2. The Labute approximate surface area is 100 Å². The molecule has 92 valence electrons. The van der Waals surface area contributed by atoms with Gasteiger partial charge in [0.05, 0.1) is 18.3 Å². The van der Waals surface area contributed by atoms with Gasteiger partial charge < -0.3 is 9.84 Å². The molecule has 0 spiro atoms. The number of hydrogen-bond donors (Lipinski definition) is 1. The van der Waals surface area contributed by atoms with E-state index in [0.29, 0.717) is 11.7 Å². The van der Waals surface area contributed by atoms with Gasteiger partial charge in [-0.15, -0.1) is 0 Å². The summed E-state index contributed by atoms with van der Waals surface area (Å²) in [5, 5.41) is 10.4. The molecule has 4 atom stereocenters. The van der Waals surface area contributed by atoms with Gasteiger partial charge in [-0.2, -0.15) is 0 Å². The molecule has 0 amide bonds. The first-order valence-corrected chi connectivity index (χ1v) is 6.24. The fourth-order valence-corrected chi connectivity index (χ4v) is 3.17. The molecule has 3 rings (SSSR count). The van der Waals surface area contributed by atoms with E-state index >= 15 is 0 Å². The number of benzene rings is 1. The maximum absolute atomic E-state index is 13.2. The van der Waals surface area contributed by atoms with Crippen molar-refractivity contribution in [2.75, 3.05) is 0 Å². The van der Waals surface area contributed by atoms with Crippen molar-refractivity contribution >= 4 is 0 Å². The molecular formula is C14H17FO2. The largest absolute Gasteiger partial charge is 0.388 e. The standard InChI is InChI=1S/C14H17FO2/c1-8-2-3-9(15)6-11(8)14(16)12-7-10-4-5-13(12)17-10/h2-3,6,10,12-14,16H,4-5,7H2,1H3. The molecule has 2 heterocycles. The van der Waals surface area contributed by atoms with Crippen molar-refractivity contribution in [2.45, 2.75) is 44.5 Å². The van der Waals surface area contributed by atoms with Gasteiger partial charge >= 0.3 is 0 Å². The van der Waals surface area contributed by atoms with Crippen molar-refractivity contribution in [1.82, 2.24) is 0 Å². The molecule has 4 unspecified atom stereocenters. The van der Waals surface area contributed by atoms with E-state index in [4.69, 9.17) is 4.74 Å². The minimum Gasteiger partial charge on any atom is -0.388 e. The predicted molar refractivity (Wildman–Crippen MR) is 62.1 cm³/mol. The van der Waals surface area contributed by atoms with Crippen LogP contribution in [-0.4, -0.2) is 17.3 Å². The third-order valence-electron chi connectivity index (χ3n) is 4.12. The Bertz CT molecular complexity index is 432. The first-order chi connectivity index (χ1) is 8.15. The Balaban J connectivity index is 1.86. The zero-order valence-electron chi connectivity index (χ0n) is 9.90. The van der Waals surface area contributed by atoms with Crippen LogP contribution in [0.1, 0.15) is 36.5 Å². The van der Waals surface area contributed by atoms with E-state index < -0.39 is 6.10 Å². The third kappa shape index (κ3) is 1.87. The van der Waals surface area contributed by atoms with Crippen LogP contribution in [0.25, 0.3) is 0 Å². The fourth-order valence-electron chi connectivity index (χ4n) is 3.17. The van der Waals surface area contributed by atoms with E-state index in [1.54, 1.807) is 6.07 Å². The normalized spacial score (nSPS) is 33.0. The average molecular weight is 236 g/mol. The molecule has 2 nitrogen and oxygen atoms in total. The van der Waals surface area contributed by atoms with Gasteiger partial charge in [-0.3, -0.25) is 0 Å². The molecule has 1 aromatic carbocycles. The molecule has 2 fully saturated rings. The number of hydrogen-bond acceptors (Lipinski definition) is 2.